The molecule has 1 heterocycles. The fourth-order valence-electron chi connectivity index (χ4n) is 3.02. The molecule has 0 unspecified atom stereocenters. The molecule has 0 saturated carbocycles. The zero-order valence-corrected chi connectivity index (χ0v) is 18.0. The number of nitro groups is 1. The lowest BCUT2D eigenvalue weighted by Crippen LogP contribution is -2.42. The van der Waals surface area contributed by atoms with Gasteiger partial charge in [-0.05, 0) is 74.0 Å². The molecule has 0 spiro atoms. The molecule has 1 aliphatic heterocycles. The molecule has 2 rings (SSSR count). The van der Waals surface area contributed by atoms with Gasteiger partial charge >= 0.3 is 6.09 Å². The second-order valence-electron chi connectivity index (χ2n) is 7.88. The molecular weight excluding hydrogens is 430 g/mol. The maximum Gasteiger partial charge on any atom is 0.410 e. The molecule has 0 atom stereocenters. The summed E-state index contributed by atoms with van der Waals surface area (Å²) >= 11 is 3.11. The molecule has 0 radical (unpaired) electrons. The van der Waals surface area contributed by atoms with Gasteiger partial charge in [-0.3, -0.25) is 14.9 Å². The zero-order valence-electron chi connectivity index (χ0n) is 16.4. The Labute approximate surface area is 172 Å². The van der Waals surface area contributed by atoms with Crippen molar-refractivity contribution in [2.75, 3.05) is 19.6 Å². The summed E-state index contributed by atoms with van der Waals surface area (Å²) in [5, 5.41) is 13.8. The highest BCUT2D eigenvalue weighted by Crippen LogP contribution is 2.26. The topological polar surface area (TPSA) is 102 Å². The Hall–Kier alpha value is -2.16. The number of nitrogens with one attached hydrogen (secondary N) is 1. The summed E-state index contributed by atoms with van der Waals surface area (Å²) in [6.45, 7) is 7.32. The molecule has 0 aliphatic carbocycles. The average molecular weight is 456 g/mol. The van der Waals surface area contributed by atoms with Crippen LogP contribution in [-0.2, 0) is 4.74 Å². The molecule has 154 valence electrons. The number of nitro benzene ring substituents is 1. The van der Waals surface area contributed by atoms with Crippen molar-refractivity contribution in [2.45, 2.75) is 45.6 Å². The van der Waals surface area contributed by atoms with Crippen molar-refractivity contribution in [3.63, 3.8) is 0 Å². The van der Waals surface area contributed by atoms with Crippen LogP contribution in [-0.4, -0.2) is 47.1 Å². The molecule has 1 aromatic carbocycles. The van der Waals surface area contributed by atoms with Gasteiger partial charge in [-0.1, -0.05) is 0 Å². The van der Waals surface area contributed by atoms with E-state index in [1.165, 1.54) is 12.1 Å². The largest absolute Gasteiger partial charge is 0.444 e. The van der Waals surface area contributed by atoms with Crippen LogP contribution >= 0.6 is 15.9 Å². The van der Waals surface area contributed by atoms with E-state index in [0.29, 0.717) is 30.0 Å². The number of ether oxygens (including phenoxy) is 1. The molecule has 1 N–H and O–H groups in total. The first-order chi connectivity index (χ1) is 13.1. The number of likely N-dealkylation sites (tertiary alicyclic amines) is 1. The molecule has 2 amide bonds. The van der Waals surface area contributed by atoms with Crippen LogP contribution in [0.15, 0.2) is 22.7 Å². The minimum Gasteiger partial charge on any atom is -0.444 e. The van der Waals surface area contributed by atoms with E-state index in [-0.39, 0.29) is 23.3 Å². The van der Waals surface area contributed by atoms with E-state index in [2.05, 4.69) is 21.2 Å². The van der Waals surface area contributed by atoms with E-state index in [1.54, 1.807) is 11.0 Å². The van der Waals surface area contributed by atoms with E-state index >= 15 is 0 Å². The Balaban J connectivity index is 1.76. The maximum atomic E-state index is 12.2. The summed E-state index contributed by atoms with van der Waals surface area (Å²) < 4.78 is 5.73. The molecule has 8 nitrogen and oxygen atoms in total. The van der Waals surface area contributed by atoms with Crippen molar-refractivity contribution < 1.29 is 19.2 Å². The monoisotopic (exact) mass is 455 g/mol. The zero-order chi connectivity index (χ0) is 20.9. The van der Waals surface area contributed by atoms with Gasteiger partial charge in [0.25, 0.3) is 11.6 Å². The van der Waals surface area contributed by atoms with Crippen LogP contribution in [0.5, 0.6) is 0 Å². The molecule has 1 saturated heterocycles. The normalized spacial score (nSPS) is 15.2. The Bertz CT molecular complexity index is 740. The van der Waals surface area contributed by atoms with Gasteiger partial charge in [-0.2, -0.15) is 0 Å². The van der Waals surface area contributed by atoms with E-state index in [0.717, 1.165) is 19.3 Å². The molecule has 1 aromatic rings. The molecule has 28 heavy (non-hydrogen) atoms. The van der Waals surface area contributed by atoms with Crippen molar-refractivity contribution in [3.05, 3.63) is 38.3 Å². The Morgan fingerprint density at radius 3 is 2.54 bits per heavy atom. The number of carbonyl (C=O) groups excluding carboxylic acids is 2. The van der Waals surface area contributed by atoms with Crippen molar-refractivity contribution >= 4 is 33.6 Å². The Morgan fingerprint density at radius 1 is 1.32 bits per heavy atom. The molecule has 1 aliphatic rings. The Kier molecular flexibility index (Phi) is 7.40. The van der Waals surface area contributed by atoms with Crippen molar-refractivity contribution in [2.24, 2.45) is 5.92 Å². The number of hydrogen-bond donors (Lipinski definition) is 1. The number of amides is 2. The quantitative estimate of drug-likeness (QED) is 0.531. The van der Waals surface area contributed by atoms with Gasteiger partial charge in [-0.15, -0.1) is 0 Å². The predicted octanol–water partition coefficient (Wildman–Crippen LogP) is 4.12. The van der Waals surface area contributed by atoms with Crippen LogP contribution in [0.2, 0.25) is 0 Å². The summed E-state index contributed by atoms with van der Waals surface area (Å²) in [6, 6.07) is 4.31. The van der Waals surface area contributed by atoms with Crippen molar-refractivity contribution in [1.82, 2.24) is 10.2 Å². The second kappa shape index (κ2) is 9.36. The van der Waals surface area contributed by atoms with Gasteiger partial charge in [0, 0.05) is 31.3 Å². The summed E-state index contributed by atoms with van der Waals surface area (Å²) in [7, 11) is 0. The fourth-order valence-corrected chi connectivity index (χ4v) is 3.41. The van der Waals surface area contributed by atoms with E-state index in [1.807, 2.05) is 20.8 Å². The van der Waals surface area contributed by atoms with Crippen molar-refractivity contribution in [1.29, 1.82) is 0 Å². The Morgan fingerprint density at radius 2 is 1.96 bits per heavy atom. The van der Waals surface area contributed by atoms with Crippen LogP contribution in [0.1, 0.15) is 50.4 Å². The second-order valence-corrected chi connectivity index (χ2v) is 8.73. The van der Waals surface area contributed by atoms with E-state index < -0.39 is 10.5 Å². The SMILES string of the molecule is CC(C)(C)OC(=O)N1CCC(CCNC(=O)c2ccc(Br)c([N+](=O)[O-])c2)CC1. The minimum absolute atomic E-state index is 0.137. The standard InChI is InChI=1S/C19H26BrN3O5/c1-19(2,3)28-18(25)22-10-7-13(8-11-22)6-9-21-17(24)14-4-5-15(20)16(12-14)23(26)27/h4-5,12-13H,6-11H2,1-3H3,(H,21,24). The molecule has 0 aromatic heterocycles. The number of rotatable bonds is 5. The average Bonchev–Trinajstić information content (AvgIpc) is 2.60. The number of piperidine rings is 1. The lowest BCUT2D eigenvalue weighted by molar-refractivity contribution is -0.385. The summed E-state index contributed by atoms with van der Waals surface area (Å²) in [5.41, 5.74) is -0.378. The molecule has 0 bridgehead atoms. The van der Waals surface area contributed by atoms with Gasteiger partial charge in [0.2, 0.25) is 0 Å². The number of nitrogens with zero attached hydrogens (tertiary/aromatic N) is 2. The summed E-state index contributed by atoms with van der Waals surface area (Å²) in [4.78, 5) is 36.5. The number of hydrogen-bond acceptors (Lipinski definition) is 5. The number of halogens is 1. The molecular formula is C19H26BrN3O5. The van der Waals surface area contributed by atoms with Gasteiger partial charge in [-0.25, -0.2) is 4.79 Å². The van der Waals surface area contributed by atoms with Crippen LogP contribution in [0.3, 0.4) is 0 Å². The fraction of sp³-hybridized carbons (Fsp3) is 0.579. The smallest absolute Gasteiger partial charge is 0.410 e. The predicted molar refractivity (Wildman–Crippen MR) is 108 cm³/mol. The molecule has 9 heteroatoms. The summed E-state index contributed by atoms with van der Waals surface area (Å²) in [6.07, 6.45) is 2.24. The highest BCUT2D eigenvalue weighted by molar-refractivity contribution is 9.10. The van der Waals surface area contributed by atoms with Gasteiger partial charge in [0.15, 0.2) is 0 Å². The lowest BCUT2D eigenvalue weighted by atomic mass is 9.94. The first-order valence-electron chi connectivity index (χ1n) is 9.27. The van der Waals surface area contributed by atoms with E-state index in [9.17, 15) is 19.7 Å². The lowest BCUT2D eigenvalue weighted by Gasteiger charge is -2.33. The third-order valence-electron chi connectivity index (χ3n) is 4.51. The first-order valence-corrected chi connectivity index (χ1v) is 10.1. The van der Waals surface area contributed by atoms with Crippen LogP contribution in [0.4, 0.5) is 10.5 Å². The van der Waals surface area contributed by atoms with Gasteiger partial charge < -0.3 is 15.0 Å². The maximum absolute atomic E-state index is 12.2. The summed E-state index contributed by atoms with van der Waals surface area (Å²) in [5.74, 6) is 0.0834. The highest BCUT2D eigenvalue weighted by Gasteiger charge is 2.26. The van der Waals surface area contributed by atoms with Crippen molar-refractivity contribution in [3.8, 4) is 0 Å². The van der Waals surface area contributed by atoms with Gasteiger partial charge in [0.05, 0.1) is 9.40 Å². The number of carbonyl (C=O) groups is 2. The van der Waals surface area contributed by atoms with Crippen LogP contribution < -0.4 is 5.32 Å². The minimum atomic E-state index is -0.528. The molecule has 1 fully saturated rings. The number of benzene rings is 1. The van der Waals surface area contributed by atoms with Crippen LogP contribution in [0, 0.1) is 16.0 Å². The first kappa shape index (κ1) is 22.1. The third kappa shape index (κ3) is 6.47. The highest BCUT2D eigenvalue weighted by atomic mass is 79.9. The van der Waals surface area contributed by atoms with Gasteiger partial charge in [0.1, 0.15) is 5.60 Å². The van der Waals surface area contributed by atoms with Crippen LogP contribution in [0.25, 0.3) is 0 Å². The van der Waals surface area contributed by atoms with E-state index in [4.69, 9.17) is 4.74 Å². The third-order valence-corrected chi connectivity index (χ3v) is 5.18.